The number of carbonyl (C=O) groups excluding carboxylic acids is 1. The van der Waals surface area contributed by atoms with E-state index in [9.17, 15) is 4.79 Å². The molecule has 7 heteroatoms. The number of ether oxygens (including phenoxy) is 1. The van der Waals surface area contributed by atoms with Crippen molar-refractivity contribution in [3.05, 3.63) is 48.0 Å². The van der Waals surface area contributed by atoms with Gasteiger partial charge in [0.1, 0.15) is 6.61 Å². The molecule has 2 aliphatic rings. The Bertz CT molecular complexity index is 752. The predicted molar refractivity (Wildman–Crippen MR) is 96.1 cm³/mol. The molecule has 0 aromatic carbocycles. The number of pyridine rings is 1. The first-order valence-corrected chi connectivity index (χ1v) is 9.13. The number of piperidine rings is 1. The van der Waals surface area contributed by atoms with Crippen LogP contribution < -0.4 is 0 Å². The first-order valence-electron chi connectivity index (χ1n) is 9.13. The molecule has 1 spiro atoms. The third kappa shape index (κ3) is 3.78. The number of hydrogen-bond donors (Lipinski definition) is 0. The quantitative estimate of drug-likeness (QED) is 0.825. The van der Waals surface area contributed by atoms with E-state index < -0.39 is 0 Å². The molecule has 26 heavy (non-hydrogen) atoms. The van der Waals surface area contributed by atoms with Gasteiger partial charge < -0.3 is 9.64 Å². The highest BCUT2D eigenvalue weighted by Crippen LogP contribution is 2.31. The molecule has 7 nitrogen and oxygen atoms in total. The highest BCUT2D eigenvalue weighted by Gasteiger charge is 2.42. The summed E-state index contributed by atoms with van der Waals surface area (Å²) in [6.45, 7) is 4.25. The molecule has 2 aromatic rings. The predicted octanol–water partition coefficient (Wildman–Crippen LogP) is 1.21. The number of carbonyl (C=O) groups is 1. The fraction of sp³-hybridized carbons (Fsp3) is 0.526. The Labute approximate surface area is 153 Å². The standard InChI is InChI=1S/C19H25N5O2/c1-22-11-16(10-21-22)12-23-8-5-19(6-9-23)15-24(18(25)14-26-19)13-17-4-2-3-7-20-17/h2-4,7,10-11H,5-6,8-9,12-15H2,1H3. The molecular weight excluding hydrogens is 330 g/mol. The monoisotopic (exact) mass is 355 g/mol. The summed E-state index contributed by atoms with van der Waals surface area (Å²) in [7, 11) is 1.94. The molecule has 0 atom stereocenters. The topological polar surface area (TPSA) is 63.5 Å². The normalized spacial score (nSPS) is 20.7. The number of amides is 1. The lowest BCUT2D eigenvalue weighted by Crippen LogP contribution is -2.58. The minimum absolute atomic E-state index is 0.0547. The summed E-state index contributed by atoms with van der Waals surface area (Å²) in [6, 6.07) is 5.82. The lowest BCUT2D eigenvalue weighted by molar-refractivity contribution is -0.172. The Hall–Kier alpha value is -2.25. The molecule has 2 fully saturated rings. The van der Waals surface area contributed by atoms with Crippen molar-refractivity contribution in [3.8, 4) is 0 Å². The highest BCUT2D eigenvalue weighted by atomic mass is 16.5. The summed E-state index contributed by atoms with van der Waals surface area (Å²) in [5.74, 6) is 0.0547. The van der Waals surface area contributed by atoms with E-state index in [0.29, 0.717) is 13.1 Å². The molecule has 2 aliphatic heterocycles. The van der Waals surface area contributed by atoms with Crippen LogP contribution in [-0.2, 0) is 29.7 Å². The third-order valence-electron chi connectivity index (χ3n) is 5.34. The minimum Gasteiger partial charge on any atom is -0.363 e. The van der Waals surface area contributed by atoms with E-state index in [1.54, 1.807) is 6.20 Å². The molecule has 4 heterocycles. The van der Waals surface area contributed by atoms with Gasteiger partial charge in [0.2, 0.25) is 5.91 Å². The summed E-state index contributed by atoms with van der Waals surface area (Å²) in [4.78, 5) is 21.0. The van der Waals surface area contributed by atoms with E-state index in [0.717, 1.165) is 38.2 Å². The number of aromatic nitrogens is 3. The van der Waals surface area contributed by atoms with Crippen molar-refractivity contribution in [1.29, 1.82) is 0 Å². The van der Waals surface area contributed by atoms with Crippen molar-refractivity contribution in [2.75, 3.05) is 26.2 Å². The van der Waals surface area contributed by atoms with Crippen LogP contribution in [0, 0.1) is 0 Å². The van der Waals surface area contributed by atoms with Crippen molar-refractivity contribution in [3.63, 3.8) is 0 Å². The van der Waals surface area contributed by atoms with Crippen molar-refractivity contribution >= 4 is 5.91 Å². The van der Waals surface area contributed by atoms with Gasteiger partial charge in [-0.05, 0) is 25.0 Å². The van der Waals surface area contributed by atoms with Gasteiger partial charge in [0.05, 0.1) is 30.6 Å². The first-order chi connectivity index (χ1) is 12.6. The Morgan fingerprint density at radius 1 is 1.23 bits per heavy atom. The summed E-state index contributed by atoms with van der Waals surface area (Å²) >= 11 is 0. The number of likely N-dealkylation sites (tertiary alicyclic amines) is 1. The van der Waals surface area contributed by atoms with Crippen LogP contribution in [0.2, 0.25) is 0 Å². The van der Waals surface area contributed by atoms with E-state index in [2.05, 4.69) is 21.2 Å². The number of rotatable bonds is 4. The molecule has 0 radical (unpaired) electrons. The second-order valence-corrected chi connectivity index (χ2v) is 7.34. The van der Waals surface area contributed by atoms with E-state index in [1.165, 1.54) is 5.56 Å². The van der Waals surface area contributed by atoms with Crippen LogP contribution in [0.3, 0.4) is 0 Å². The van der Waals surface area contributed by atoms with Gasteiger partial charge in [-0.2, -0.15) is 5.10 Å². The SMILES string of the molecule is Cn1cc(CN2CCC3(CC2)CN(Cc2ccccn2)C(=O)CO3)cn1. The van der Waals surface area contributed by atoms with Crippen LogP contribution in [0.15, 0.2) is 36.8 Å². The lowest BCUT2D eigenvalue weighted by atomic mass is 9.89. The maximum absolute atomic E-state index is 12.3. The maximum Gasteiger partial charge on any atom is 0.249 e. The molecule has 0 bridgehead atoms. The van der Waals surface area contributed by atoms with E-state index in [1.807, 2.05) is 41.0 Å². The van der Waals surface area contributed by atoms with Gasteiger partial charge in [0, 0.05) is 44.6 Å². The van der Waals surface area contributed by atoms with Gasteiger partial charge in [0.15, 0.2) is 0 Å². The Morgan fingerprint density at radius 3 is 2.77 bits per heavy atom. The van der Waals surface area contributed by atoms with Crippen LogP contribution in [-0.4, -0.2) is 62.3 Å². The van der Waals surface area contributed by atoms with E-state index in [-0.39, 0.29) is 18.1 Å². The zero-order chi connectivity index (χ0) is 18.0. The van der Waals surface area contributed by atoms with Gasteiger partial charge in [-0.15, -0.1) is 0 Å². The molecule has 0 unspecified atom stereocenters. The van der Waals surface area contributed by atoms with Crippen LogP contribution >= 0.6 is 0 Å². The van der Waals surface area contributed by atoms with Gasteiger partial charge in [-0.3, -0.25) is 19.4 Å². The fourth-order valence-corrected chi connectivity index (χ4v) is 3.85. The minimum atomic E-state index is -0.214. The molecule has 1 amide bonds. The van der Waals surface area contributed by atoms with E-state index >= 15 is 0 Å². The second kappa shape index (κ2) is 7.17. The summed E-state index contributed by atoms with van der Waals surface area (Å²) in [5.41, 5.74) is 1.94. The zero-order valence-corrected chi connectivity index (χ0v) is 15.2. The van der Waals surface area contributed by atoms with Gasteiger partial charge in [-0.25, -0.2) is 0 Å². The largest absolute Gasteiger partial charge is 0.363 e. The number of morpholine rings is 1. The number of hydrogen-bond acceptors (Lipinski definition) is 5. The first kappa shape index (κ1) is 17.2. The van der Waals surface area contributed by atoms with Crippen LogP contribution in [0.25, 0.3) is 0 Å². The Balaban J connectivity index is 1.36. The molecule has 138 valence electrons. The van der Waals surface area contributed by atoms with Gasteiger partial charge in [0.25, 0.3) is 0 Å². The highest BCUT2D eigenvalue weighted by molar-refractivity contribution is 5.78. The van der Waals surface area contributed by atoms with Crippen LogP contribution in [0.5, 0.6) is 0 Å². The summed E-state index contributed by atoms with van der Waals surface area (Å²) in [5, 5.41) is 4.24. The fourth-order valence-electron chi connectivity index (χ4n) is 3.85. The molecule has 4 rings (SSSR count). The molecular formula is C19H25N5O2. The molecule has 2 saturated heterocycles. The molecule has 0 aliphatic carbocycles. The zero-order valence-electron chi connectivity index (χ0n) is 15.2. The molecule has 0 N–H and O–H groups in total. The van der Waals surface area contributed by atoms with Crippen molar-refractivity contribution < 1.29 is 9.53 Å². The lowest BCUT2D eigenvalue weighted by Gasteiger charge is -2.47. The van der Waals surface area contributed by atoms with Gasteiger partial charge >= 0.3 is 0 Å². The second-order valence-electron chi connectivity index (χ2n) is 7.34. The van der Waals surface area contributed by atoms with Crippen LogP contribution in [0.4, 0.5) is 0 Å². The summed E-state index contributed by atoms with van der Waals surface area (Å²) in [6.07, 6.45) is 7.65. The van der Waals surface area contributed by atoms with Crippen molar-refractivity contribution in [1.82, 2.24) is 24.6 Å². The average molecular weight is 355 g/mol. The maximum atomic E-state index is 12.3. The molecule has 0 saturated carbocycles. The average Bonchev–Trinajstić information content (AvgIpc) is 3.06. The Morgan fingerprint density at radius 2 is 2.08 bits per heavy atom. The van der Waals surface area contributed by atoms with Gasteiger partial charge in [-0.1, -0.05) is 6.07 Å². The number of aryl methyl sites for hydroxylation is 1. The summed E-state index contributed by atoms with van der Waals surface area (Å²) < 4.78 is 7.87. The number of nitrogens with zero attached hydrogens (tertiary/aromatic N) is 5. The van der Waals surface area contributed by atoms with E-state index in [4.69, 9.17) is 4.74 Å². The Kier molecular flexibility index (Phi) is 4.74. The van der Waals surface area contributed by atoms with Crippen molar-refractivity contribution in [2.45, 2.75) is 31.5 Å². The third-order valence-corrected chi connectivity index (χ3v) is 5.34. The molecule has 2 aromatic heterocycles. The van der Waals surface area contributed by atoms with Crippen molar-refractivity contribution in [2.24, 2.45) is 7.05 Å². The smallest absolute Gasteiger partial charge is 0.249 e. The van der Waals surface area contributed by atoms with Crippen LogP contribution in [0.1, 0.15) is 24.1 Å².